The summed E-state index contributed by atoms with van der Waals surface area (Å²) in [4.78, 5) is 40.9. The van der Waals surface area contributed by atoms with E-state index in [4.69, 9.17) is 15.2 Å². The molecule has 0 saturated heterocycles. The number of hydrogen-bond acceptors (Lipinski definition) is 13. The first-order valence-electron chi connectivity index (χ1n) is 16.9. The standard InChI is InChI=1S/C17H20F3N5O2.C15H18F3N5O.C2H3ClO.CH3Cl/c1-3-13(10-27-9-12-7-5-4-6-8-12)22-16-24-14(17(18,19)20)23-15(25-16)21-11(2)26;1-2-11(9-24-8-10-6-4-3-5-7-10)20-14-22-12(15(16,17)18)21-13(19)23-14;1-2(3)4;1-2/h4-8,13H,3,9-10H2,1-2H3,(H2,21,22,23,24,25,26);3-7,11H,2,8-9H2,1H3,(H3,19,20,21,22,23);1H3;1H3. The summed E-state index contributed by atoms with van der Waals surface area (Å²) >= 11 is 9.27. The van der Waals surface area contributed by atoms with Gasteiger partial charge < -0.3 is 25.8 Å². The van der Waals surface area contributed by atoms with E-state index in [9.17, 15) is 35.9 Å². The number of carbonyl (C=O) groups excluding carboxylic acids is 2. The molecule has 22 heteroatoms. The van der Waals surface area contributed by atoms with E-state index in [1.54, 1.807) is 0 Å². The second-order valence-corrected chi connectivity index (χ2v) is 11.8. The van der Waals surface area contributed by atoms with Gasteiger partial charge >= 0.3 is 12.4 Å². The summed E-state index contributed by atoms with van der Waals surface area (Å²) in [5, 5.41) is 7.38. The fourth-order valence-electron chi connectivity index (χ4n) is 4.04. The number of nitrogens with one attached hydrogen (secondary N) is 3. The molecule has 2 aromatic heterocycles. The van der Waals surface area contributed by atoms with E-state index in [1.165, 1.54) is 13.3 Å². The van der Waals surface area contributed by atoms with Crippen LogP contribution in [-0.4, -0.2) is 72.7 Å². The summed E-state index contributed by atoms with van der Waals surface area (Å²) in [6.07, 6.45) is -6.80. The normalized spacial score (nSPS) is 11.9. The Kier molecular flexibility index (Phi) is 22.9. The van der Waals surface area contributed by atoms with Crippen LogP contribution in [0.2, 0.25) is 0 Å². The number of benzene rings is 2. The molecular formula is C35H44Cl2F6N10O4. The fraction of sp³-hybridized carbons (Fsp3) is 0.429. The zero-order valence-corrected chi connectivity index (χ0v) is 33.1. The predicted octanol–water partition coefficient (Wildman–Crippen LogP) is 7.76. The van der Waals surface area contributed by atoms with Gasteiger partial charge in [0.2, 0.25) is 46.6 Å². The lowest BCUT2D eigenvalue weighted by molar-refractivity contribution is -0.145. The average molecular weight is 854 g/mol. The number of nitrogens with zero attached hydrogens (tertiary/aromatic N) is 6. The summed E-state index contributed by atoms with van der Waals surface area (Å²) in [5.41, 5.74) is 7.31. The highest BCUT2D eigenvalue weighted by atomic mass is 35.5. The number of aromatic nitrogens is 6. The van der Waals surface area contributed by atoms with Crippen molar-refractivity contribution in [2.75, 3.05) is 41.3 Å². The van der Waals surface area contributed by atoms with Crippen molar-refractivity contribution in [2.24, 2.45) is 0 Å². The lowest BCUT2D eigenvalue weighted by Crippen LogP contribution is -2.27. The molecule has 2 atom stereocenters. The van der Waals surface area contributed by atoms with Crippen LogP contribution in [0.4, 0.5) is 50.1 Å². The summed E-state index contributed by atoms with van der Waals surface area (Å²) in [6.45, 7) is 7.49. The fourth-order valence-corrected chi connectivity index (χ4v) is 4.04. The van der Waals surface area contributed by atoms with E-state index in [-0.39, 0.29) is 35.8 Å². The lowest BCUT2D eigenvalue weighted by atomic mass is 10.2. The molecule has 0 radical (unpaired) electrons. The topological polar surface area (TPSA) is 192 Å². The van der Waals surface area contributed by atoms with E-state index in [0.717, 1.165) is 18.1 Å². The number of nitrogen functional groups attached to an aromatic ring is 1. The zero-order chi connectivity index (χ0) is 43.0. The maximum Gasteiger partial charge on any atom is 0.451 e. The van der Waals surface area contributed by atoms with Crippen LogP contribution in [0.25, 0.3) is 0 Å². The minimum absolute atomic E-state index is 0.218. The highest BCUT2D eigenvalue weighted by Gasteiger charge is 2.37. The van der Waals surface area contributed by atoms with Gasteiger partial charge in [-0.3, -0.25) is 14.9 Å². The molecule has 0 aliphatic rings. The molecule has 0 spiro atoms. The number of alkyl halides is 7. The van der Waals surface area contributed by atoms with Gasteiger partial charge in [0.25, 0.3) is 0 Å². The van der Waals surface area contributed by atoms with Crippen LogP contribution in [0.3, 0.4) is 0 Å². The van der Waals surface area contributed by atoms with Gasteiger partial charge in [-0.25, -0.2) is 0 Å². The van der Waals surface area contributed by atoms with Gasteiger partial charge in [-0.2, -0.15) is 56.2 Å². The summed E-state index contributed by atoms with van der Waals surface area (Å²) < 4.78 is 88.2. The Morgan fingerprint density at radius 1 is 0.667 bits per heavy atom. The number of anilines is 4. The molecule has 0 bridgehead atoms. The molecule has 314 valence electrons. The first-order chi connectivity index (χ1) is 26.9. The minimum Gasteiger partial charge on any atom is -0.375 e. The average Bonchev–Trinajstić information content (AvgIpc) is 3.14. The summed E-state index contributed by atoms with van der Waals surface area (Å²) in [6, 6.07) is 18.5. The third kappa shape index (κ3) is 21.8. The SMILES string of the molecule is CC(=O)Cl.CCC(COCc1ccccc1)Nc1nc(N)nc(C(F)(F)F)n1.CCC(COCc1ccccc1)Nc1nc(NC(C)=O)nc(C(F)(F)F)n1.CCl. The van der Waals surface area contributed by atoms with Crippen molar-refractivity contribution < 1.29 is 45.4 Å². The molecule has 1 amide bonds. The molecule has 4 rings (SSSR count). The Labute approximate surface area is 335 Å². The van der Waals surface area contributed by atoms with Gasteiger partial charge in [0.1, 0.15) is 0 Å². The number of halogens is 8. The Bertz CT molecular complexity index is 1760. The van der Waals surface area contributed by atoms with Crippen LogP contribution in [0.5, 0.6) is 0 Å². The van der Waals surface area contributed by atoms with Gasteiger partial charge in [0.05, 0.1) is 38.5 Å². The first kappa shape index (κ1) is 50.1. The van der Waals surface area contributed by atoms with E-state index in [0.29, 0.717) is 32.7 Å². The Hall–Kier alpha value is -4.92. The molecule has 4 aromatic rings. The van der Waals surface area contributed by atoms with Crippen molar-refractivity contribution in [1.29, 1.82) is 0 Å². The third-order valence-corrected chi connectivity index (χ3v) is 6.60. The molecule has 2 aromatic carbocycles. The number of nitrogens with two attached hydrogens (primary N) is 1. The predicted molar refractivity (Wildman–Crippen MR) is 204 cm³/mol. The molecule has 0 fully saturated rings. The maximum atomic E-state index is 13.0. The van der Waals surface area contributed by atoms with Crippen LogP contribution in [-0.2, 0) is 44.6 Å². The number of carbonyl (C=O) groups is 2. The van der Waals surface area contributed by atoms with Crippen LogP contribution >= 0.6 is 23.2 Å². The van der Waals surface area contributed by atoms with E-state index in [1.807, 2.05) is 74.5 Å². The van der Waals surface area contributed by atoms with Crippen molar-refractivity contribution in [2.45, 2.75) is 78.2 Å². The quantitative estimate of drug-likeness (QED) is 0.0516. The van der Waals surface area contributed by atoms with E-state index in [2.05, 4.69) is 69.1 Å². The monoisotopic (exact) mass is 852 g/mol. The van der Waals surface area contributed by atoms with Crippen LogP contribution < -0.4 is 21.7 Å². The molecule has 0 aliphatic heterocycles. The molecule has 57 heavy (non-hydrogen) atoms. The van der Waals surface area contributed by atoms with Gasteiger partial charge in [0, 0.05) is 20.2 Å². The van der Waals surface area contributed by atoms with Crippen molar-refractivity contribution in [3.63, 3.8) is 0 Å². The van der Waals surface area contributed by atoms with Crippen LogP contribution in [0, 0.1) is 0 Å². The largest absolute Gasteiger partial charge is 0.451 e. The van der Waals surface area contributed by atoms with Crippen molar-refractivity contribution in [3.05, 3.63) is 83.4 Å². The highest BCUT2D eigenvalue weighted by Crippen LogP contribution is 2.28. The summed E-state index contributed by atoms with van der Waals surface area (Å²) in [7, 11) is 0. The highest BCUT2D eigenvalue weighted by molar-refractivity contribution is 6.62. The molecule has 2 heterocycles. The van der Waals surface area contributed by atoms with E-state index >= 15 is 0 Å². The molecule has 14 nitrogen and oxygen atoms in total. The smallest absolute Gasteiger partial charge is 0.375 e. The zero-order valence-electron chi connectivity index (χ0n) is 31.6. The van der Waals surface area contributed by atoms with Crippen molar-refractivity contribution in [3.8, 4) is 0 Å². The minimum atomic E-state index is -4.77. The second-order valence-electron chi connectivity index (χ2n) is 11.3. The molecule has 2 unspecified atom stereocenters. The Morgan fingerprint density at radius 3 is 1.40 bits per heavy atom. The second kappa shape index (κ2) is 26.1. The molecule has 0 aliphatic carbocycles. The maximum absolute atomic E-state index is 13.0. The number of amides is 1. The van der Waals surface area contributed by atoms with Gasteiger partial charge in [-0.1, -0.05) is 74.5 Å². The van der Waals surface area contributed by atoms with Gasteiger partial charge in [0.15, 0.2) is 0 Å². The molecule has 0 saturated carbocycles. The first-order valence-corrected chi connectivity index (χ1v) is 18.0. The van der Waals surface area contributed by atoms with Crippen LogP contribution in [0.15, 0.2) is 60.7 Å². The van der Waals surface area contributed by atoms with Crippen LogP contribution in [0.1, 0.15) is 63.3 Å². The van der Waals surface area contributed by atoms with Crippen molar-refractivity contribution >= 4 is 58.1 Å². The number of rotatable bonds is 15. The van der Waals surface area contributed by atoms with E-state index < -0.39 is 41.8 Å². The van der Waals surface area contributed by atoms with Crippen molar-refractivity contribution in [1.82, 2.24) is 29.9 Å². The number of ether oxygens (including phenoxy) is 2. The summed E-state index contributed by atoms with van der Waals surface area (Å²) in [5.74, 6) is -4.74. The Morgan fingerprint density at radius 2 is 1.04 bits per heavy atom. The number of hydrogen-bond donors (Lipinski definition) is 4. The molecule has 5 N–H and O–H groups in total. The van der Waals surface area contributed by atoms with Gasteiger partial charge in [-0.15, -0.1) is 11.6 Å². The lowest BCUT2D eigenvalue weighted by Gasteiger charge is -2.18. The van der Waals surface area contributed by atoms with Gasteiger partial charge in [-0.05, 0) is 35.6 Å². The molecular weight excluding hydrogens is 809 g/mol. The Balaban J connectivity index is 0.000000503. The third-order valence-electron chi connectivity index (χ3n) is 6.60.